The van der Waals surface area contributed by atoms with Gasteiger partial charge in [-0.1, -0.05) is 6.07 Å². The van der Waals surface area contributed by atoms with Crippen LogP contribution in [-0.4, -0.2) is 35.8 Å². The van der Waals surface area contributed by atoms with Crippen molar-refractivity contribution < 1.29 is 23.2 Å². The summed E-state index contributed by atoms with van der Waals surface area (Å²) in [6.07, 6.45) is 0. The van der Waals surface area contributed by atoms with E-state index in [1.54, 1.807) is 25.1 Å². The van der Waals surface area contributed by atoms with Gasteiger partial charge in [0.1, 0.15) is 17.5 Å². The van der Waals surface area contributed by atoms with E-state index in [1.807, 2.05) is 20.8 Å². The molecule has 2 unspecified atom stereocenters. The Kier molecular flexibility index (Phi) is 7.02. The minimum Gasteiger partial charge on any atom is -0.496 e. The molecule has 0 aliphatic rings. The fraction of sp³-hybridized carbons (Fsp3) is 0.562. The second-order valence-electron chi connectivity index (χ2n) is 5.76. The van der Waals surface area contributed by atoms with Crippen molar-refractivity contribution in [3.8, 4) is 11.5 Å². The molecular formula is C16H25NO5S. The number of ether oxygens (including phenoxy) is 3. The minimum absolute atomic E-state index is 0.219. The Balaban J connectivity index is 3.35. The zero-order valence-corrected chi connectivity index (χ0v) is 15.3. The van der Waals surface area contributed by atoms with E-state index in [-0.39, 0.29) is 6.61 Å². The number of hydrogen-bond donors (Lipinski definition) is 1. The molecule has 0 bridgehead atoms. The quantitative estimate of drug-likeness (QED) is 0.769. The van der Waals surface area contributed by atoms with E-state index in [4.69, 9.17) is 14.2 Å². The fourth-order valence-corrected chi connectivity index (χ4v) is 2.68. The monoisotopic (exact) mass is 343 g/mol. The Hall–Kier alpha value is -1.60. The first kappa shape index (κ1) is 19.4. The molecule has 0 aromatic heterocycles. The van der Waals surface area contributed by atoms with Crippen LogP contribution in [-0.2, 0) is 20.5 Å². The molecule has 0 spiro atoms. The minimum atomic E-state index is -1.47. The maximum atomic E-state index is 12.5. The molecule has 0 amide bonds. The highest BCUT2D eigenvalue weighted by molar-refractivity contribution is 7.84. The van der Waals surface area contributed by atoms with E-state index in [9.17, 15) is 9.00 Å². The van der Waals surface area contributed by atoms with Gasteiger partial charge in [0, 0.05) is 0 Å². The van der Waals surface area contributed by atoms with Crippen LogP contribution in [0.15, 0.2) is 18.2 Å². The normalized spacial score (nSPS) is 14.0. The summed E-state index contributed by atoms with van der Waals surface area (Å²) >= 11 is 0. The number of benzene rings is 1. The molecule has 0 saturated heterocycles. The van der Waals surface area contributed by atoms with Crippen molar-refractivity contribution in [1.82, 2.24) is 4.72 Å². The maximum Gasteiger partial charge on any atom is 0.328 e. The zero-order valence-electron chi connectivity index (χ0n) is 14.5. The molecule has 2 atom stereocenters. The summed E-state index contributed by atoms with van der Waals surface area (Å²) in [7, 11) is 1.53. The summed E-state index contributed by atoms with van der Waals surface area (Å²) in [6, 6.07) is 4.22. The van der Waals surface area contributed by atoms with E-state index in [1.165, 1.54) is 14.2 Å². The van der Waals surface area contributed by atoms with Crippen LogP contribution in [0.3, 0.4) is 0 Å². The van der Waals surface area contributed by atoms with Crippen LogP contribution in [0.4, 0.5) is 0 Å². The second-order valence-corrected chi connectivity index (χ2v) is 7.76. The lowest BCUT2D eigenvalue weighted by atomic mass is 10.1. The van der Waals surface area contributed by atoms with Crippen LogP contribution in [0.5, 0.6) is 11.5 Å². The van der Waals surface area contributed by atoms with Crippen LogP contribution in [0.25, 0.3) is 0 Å². The Bertz CT molecular complexity index is 546. The molecule has 1 N–H and O–H groups in total. The lowest BCUT2D eigenvalue weighted by molar-refractivity contribution is -0.145. The topological polar surface area (TPSA) is 73.9 Å². The van der Waals surface area contributed by atoms with Crippen molar-refractivity contribution >= 4 is 17.0 Å². The maximum absolute atomic E-state index is 12.5. The van der Waals surface area contributed by atoms with Gasteiger partial charge in [-0.15, -0.1) is 0 Å². The smallest absolute Gasteiger partial charge is 0.328 e. The first-order valence-electron chi connectivity index (χ1n) is 7.31. The van der Waals surface area contributed by atoms with Gasteiger partial charge in [-0.2, -0.15) is 0 Å². The standard InChI is InChI=1S/C16H25NO5S/c1-7-22-15(18)14(17-23(19)16(2,3)4)13-11(20-5)9-8-10-12(13)21-6/h8-10,14,17H,7H2,1-6H3. The van der Waals surface area contributed by atoms with E-state index in [0.717, 1.165) is 0 Å². The predicted octanol–water partition coefficient (Wildman–Crippen LogP) is 2.36. The Morgan fingerprint density at radius 2 is 1.74 bits per heavy atom. The van der Waals surface area contributed by atoms with Gasteiger partial charge in [0.05, 0.1) is 42.1 Å². The summed E-state index contributed by atoms with van der Waals surface area (Å²) < 4.78 is 30.6. The van der Waals surface area contributed by atoms with Gasteiger partial charge in [0.25, 0.3) is 0 Å². The molecule has 7 heteroatoms. The van der Waals surface area contributed by atoms with Crippen LogP contribution in [0, 0.1) is 0 Å². The van der Waals surface area contributed by atoms with E-state index in [0.29, 0.717) is 17.1 Å². The first-order valence-corrected chi connectivity index (χ1v) is 8.46. The average Bonchev–Trinajstić information content (AvgIpc) is 2.50. The van der Waals surface area contributed by atoms with E-state index in [2.05, 4.69) is 4.72 Å². The molecule has 1 aromatic rings. The zero-order chi connectivity index (χ0) is 17.6. The van der Waals surface area contributed by atoms with Gasteiger partial charge in [0.2, 0.25) is 0 Å². The molecule has 0 radical (unpaired) electrons. The van der Waals surface area contributed by atoms with E-state index < -0.39 is 27.7 Å². The second kappa shape index (κ2) is 8.31. The summed E-state index contributed by atoms with van der Waals surface area (Å²) in [6.45, 7) is 7.39. The molecule has 6 nitrogen and oxygen atoms in total. The first-order chi connectivity index (χ1) is 10.8. The number of carbonyl (C=O) groups excluding carboxylic acids is 1. The van der Waals surface area contributed by atoms with Gasteiger partial charge in [-0.25, -0.2) is 13.7 Å². The summed E-state index contributed by atoms with van der Waals surface area (Å²) in [5.41, 5.74) is 0.466. The number of carbonyl (C=O) groups is 1. The summed E-state index contributed by atoms with van der Waals surface area (Å²) in [4.78, 5) is 12.4. The third kappa shape index (κ3) is 4.94. The predicted molar refractivity (Wildman–Crippen MR) is 90.0 cm³/mol. The molecule has 1 rings (SSSR count). The largest absolute Gasteiger partial charge is 0.496 e. The Labute approximate surface area is 140 Å². The third-order valence-corrected chi connectivity index (χ3v) is 4.62. The Morgan fingerprint density at radius 3 is 2.13 bits per heavy atom. The van der Waals surface area contributed by atoms with Crippen molar-refractivity contribution in [3.63, 3.8) is 0 Å². The van der Waals surface area contributed by atoms with Crippen LogP contribution >= 0.6 is 0 Å². The van der Waals surface area contributed by atoms with Gasteiger partial charge in [-0.05, 0) is 39.8 Å². The number of esters is 1. The molecule has 0 aliphatic heterocycles. The highest BCUT2D eigenvalue weighted by Crippen LogP contribution is 2.35. The molecule has 0 aliphatic carbocycles. The number of rotatable bonds is 7. The molecular weight excluding hydrogens is 318 g/mol. The van der Waals surface area contributed by atoms with Crippen molar-refractivity contribution in [3.05, 3.63) is 23.8 Å². The molecule has 0 saturated carbocycles. The number of nitrogens with one attached hydrogen (secondary N) is 1. The molecule has 1 aromatic carbocycles. The van der Waals surface area contributed by atoms with Crippen LogP contribution < -0.4 is 14.2 Å². The van der Waals surface area contributed by atoms with Gasteiger partial charge in [-0.3, -0.25) is 0 Å². The summed E-state index contributed by atoms with van der Waals surface area (Å²) in [5.74, 6) is 0.384. The Morgan fingerprint density at radius 1 is 1.22 bits per heavy atom. The van der Waals surface area contributed by atoms with Gasteiger partial charge in [0.15, 0.2) is 0 Å². The van der Waals surface area contributed by atoms with Crippen molar-refractivity contribution in [2.45, 2.75) is 38.5 Å². The third-order valence-electron chi connectivity index (χ3n) is 3.06. The van der Waals surface area contributed by atoms with Crippen molar-refractivity contribution in [2.24, 2.45) is 0 Å². The van der Waals surface area contributed by atoms with Crippen LogP contribution in [0.1, 0.15) is 39.3 Å². The molecule has 0 heterocycles. The lowest BCUT2D eigenvalue weighted by Gasteiger charge is -2.25. The van der Waals surface area contributed by atoms with Crippen molar-refractivity contribution in [2.75, 3.05) is 20.8 Å². The number of methoxy groups -OCH3 is 2. The van der Waals surface area contributed by atoms with E-state index >= 15 is 0 Å². The highest BCUT2D eigenvalue weighted by Gasteiger charge is 2.33. The van der Waals surface area contributed by atoms with Gasteiger partial charge < -0.3 is 14.2 Å². The molecule has 130 valence electrons. The SMILES string of the molecule is CCOC(=O)C(NS(=O)C(C)(C)C)c1c(OC)cccc1OC. The molecule has 23 heavy (non-hydrogen) atoms. The number of hydrogen-bond acceptors (Lipinski definition) is 5. The average molecular weight is 343 g/mol. The van der Waals surface area contributed by atoms with Crippen molar-refractivity contribution in [1.29, 1.82) is 0 Å². The highest BCUT2D eigenvalue weighted by atomic mass is 32.2. The van der Waals surface area contributed by atoms with Gasteiger partial charge >= 0.3 is 5.97 Å². The lowest BCUT2D eigenvalue weighted by Crippen LogP contribution is -2.39. The molecule has 0 fully saturated rings. The summed E-state index contributed by atoms with van der Waals surface area (Å²) in [5, 5.41) is 0. The fourth-order valence-electron chi connectivity index (χ4n) is 1.90. The van der Waals surface area contributed by atoms with Crippen LogP contribution in [0.2, 0.25) is 0 Å².